The summed E-state index contributed by atoms with van der Waals surface area (Å²) in [5.41, 5.74) is -0.125. The number of hydrogen-bond donors (Lipinski definition) is 2. The Bertz CT molecular complexity index is 653. The van der Waals surface area contributed by atoms with Crippen molar-refractivity contribution in [1.82, 2.24) is 10.6 Å². The van der Waals surface area contributed by atoms with Crippen LogP contribution in [0.3, 0.4) is 0 Å². The van der Waals surface area contributed by atoms with Gasteiger partial charge in [-0.1, -0.05) is 18.2 Å². The molecular formula is C23H32N2O3. The molecule has 0 saturated heterocycles. The molecule has 4 aliphatic carbocycles. The van der Waals surface area contributed by atoms with Crippen LogP contribution in [-0.2, 0) is 9.59 Å². The second-order valence-corrected chi connectivity index (χ2v) is 9.07. The van der Waals surface area contributed by atoms with Crippen LogP contribution in [0.1, 0.15) is 51.4 Å². The Hall–Kier alpha value is -2.04. The largest absolute Gasteiger partial charge is 0.494 e. The first-order valence-electron chi connectivity index (χ1n) is 10.9. The summed E-state index contributed by atoms with van der Waals surface area (Å²) < 4.78 is 5.61. The van der Waals surface area contributed by atoms with Crippen molar-refractivity contribution in [3.05, 3.63) is 30.3 Å². The Morgan fingerprint density at radius 1 is 0.929 bits per heavy atom. The first-order valence-corrected chi connectivity index (χ1v) is 10.9. The van der Waals surface area contributed by atoms with Gasteiger partial charge < -0.3 is 15.4 Å². The Morgan fingerprint density at radius 3 is 2.21 bits per heavy atom. The van der Waals surface area contributed by atoms with Crippen LogP contribution >= 0.6 is 0 Å². The van der Waals surface area contributed by atoms with Gasteiger partial charge in [0, 0.05) is 24.9 Å². The summed E-state index contributed by atoms with van der Waals surface area (Å²) in [6, 6.07) is 9.68. The molecule has 4 bridgehead atoms. The molecule has 0 spiro atoms. The molecular weight excluding hydrogens is 352 g/mol. The first-order chi connectivity index (χ1) is 13.6. The monoisotopic (exact) mass is 384 g/mol. The minimum Gasteiger partial charge on any atom is -0.494 e. The molecule has 0 aromatic heterocycles. The van der Waals surface area contributed by atoms with E-state index in [1.807, 2.05) is 30.3 Å². The zero-order valence-electron chi connectivity index (χ0n) is 16.6. The fourth-order valence-corrected chi connectivity index (χ4v) is 5.96. The third-order valence-electron chi connectivity index (χ3n) is 6.81. The highest BCUT2D eigenvalue weighted by Gasteiger charge is 2.54. The van der Waals surface area contributed by atoms with Gasteiger partial charge in [0.15, 0.2) is 0 Å². The van der Waals surface area contributed by atoms with Crippen molar-refractivity contribution >= 4 is 11.8 Å². The molecule has 5 heteroatoms. The first kappa shape index (κ1) is 19.3. The molecule has 4 fully saturated rings. The topological polar surface area (TPSA) is 67.4 Å². The number of benzene rings is 1. The predicted molar refractivity (Wildman–Crippen MR) is 108 cm³/mol. The van der Waals surface area contributed by atoms with Gasteiger partial charge in [0.2, 0.25) is 11.8 Å². The number of para-hydroxylation sites is 1. The van der Waals surface area contributed by atoms with E-state index in [0.717, 1.165) is 49.2 Å². The molecule has 2 N–H and O–H groups in total. The Labute approximate surface area is 167 Å². The van der Waals surface area contributed by atoms with E-state index in [4.69, 9.17) is 4.74 Å². The summed E-state index contributed by atoms with van der Waals surface area (Å²) >= 11 is 0. The number of ether oxygens (including phenoxy) is 1. The van der Waals surface area contributed by atoms with E-state index in [1.54, 1.807) is 0 Å². The van der Waals surface area contributed by atoms with Crippen LogP contribution in [0.4, 0.5) is 0 Å². The van der Waals surface area contributed by atoms with Crippen LogP contribution in [0.15, 0.2) is 30.3 Å². The van der Waals surface area contributed by atoms with Crippen LogP contribution in [0.5, 0.6) is 5.75 Å². The molecule has 5 rings (SSSR count). The lowest BCUT2D eigenvalue weighted by atomic mass is 9.49. The van der Waals surface area contributed by atoms with Crippen molar-refractivity contribution in [2.24, 2.45) is 23.2 Å². The summed E-state index contributed by atoms with van der Waals surface area (Å²) in [5.74, 6) is 3.33. The average molecular weight is 385 g/mol. The van der Waals surface area contributed by atoms with Gasteiger partial charge in [-0.25, -0.2) is 0 Å². The van der Waals surface area contributed by atoms with Crippen molar-refractivity contribution in [3.8, 4) is 5.75 Å². The maximum absolute atomic E-state index is 12.9. The zero-order valence-corrected chi connectivity index (χ0v) is 16.6. The van der Waals surface area contributed by atoms with Crippen LogP contribution < -0.4 is 15.4 Å². The minimum atomic E-state index is -0.125. The number of carbonyl (C=O) groups excluding carboxylic acids is 2. The van der Waals surface area contributed by atoms with E-state index in [2.05, 4.69) is 10.6 Å². The van der Waals surface area contributed by atoms with Crippen molar-refractivity contribution in [3.63, 3.8) is 0 Å². The fourth-order valence-electron chi connectivity index (χ4n) is 5.96. The highest BCUT2D eigenvalue weighted by atomic mass is 16.5. The number of hydrogen-bond acceptors (Lipinski definition) is 3. The van der Waals surface area contributed by atoms with Gasteiger partial charge in [0.25, 0.3) is 0 Å². The molecule has 1 aromatic carbocycles. The van der Waals surface area contributed by atoms with E-state index < -0.39 is 0 Å². The van der Waals surface area contributed by atoms with E-state index in [0.29, 0.717) is 26.1 Å². The normalized spacial score (nSPS) is 30.1. The van der Waals surface area contributed by atoms with Crippen LogP contribution in [0, 0.1) is 23.2 Å². The number of rotatable bonds is 9. The lowest BCUT2D eigenvalue weighted by Crippen LogP contribution is -2.53. The highest BCUT2D eigenvalue weighted by molar-refractivity contribution is 5.84. The highest BCUT2D eigenvalue weighted by Crippen LogP contribution is 2.60. The third-order valence-corrected chi connectivity index (χ3v) is 6.81. The Balaban J connectivity index is 1.10. The molecule has 0 unspecified atom stereocenters. The van der Waals surface area contributed by atoms with Crippen molar-refractivity contribution in [2.45, 2.75) is 51.4 Å². The molecule has 0 atom stereocenters. The Kier molecular flexibility index (Phi) is 5.88. The minimum absolute atomic E-state index is 0.00877. The molecule has 0 heterocycles. The van der Waals surface area contributed by atoms with Gasteiger partial charge >= 0.3 is 0 Å². The van der Waals surface area contributed by atoms with Gasteiger partial charge in [0.1, 0.15) is 5.75 Å². The van der Waals surface area contributed by atoms with Crippen LogP contribution in [-0.4, -0.2) is 31.5 Å². The molecule has 2 amide bonds. The molecule has 1 aromatic rings. The van der Waals surface area contributed by atoms with E-state index >= 15 is 0 Å². The second kappa shape index (κ2) is 8.54. The molecule has 28 heavy (non-hydrogen) atoms. The molecule has 0 radical (unpaired) electrons. The van der Waals surface area contributed by atoms with Gasteiger partial charge in [0.05, 0.1) is 6.61 Å². The molecule has 0 aliphatic heterocycles. The number of amides is 2. The summed E-state index contributed by atoms with van der Waals surface area (Å²) in [7, 11) is 0. The summed E-state index contributed by atoms with van der Waals surface area (Å²) in [4.78, 5) is 24.9. The van der Waals surface area contributed by atoms with Gasteiger partial charge in [-0.15, -0.1) is 0 Å². The quantitative estimate of drug-likeness (QED) is 0.642. The summed E-state index contributed by atoms with van der Waals surface area (Å²) in [6.45, 7) is 1.61. The fraction of sp³-hybridized carbons (Fsp3) is 0.652. The average Bonchev–Trinajstić information content (AvgIpc) is 2.67. The van der Waals surface area contributed by atoms with Gasteiger partial charge in [-0.2, -0.15) is 0 Å². The molecule has 4 aliphatic rings. The maximum Gasteiger partial charge on any atom is 0.226 e. The van der Waals surface area contributed by atoms with E-state index in [9.17, 15) is 9.59 Å². The molecule has 5 nitrogen and oxygen atoms in total. The van der Waals surface area contributed by atoms with Crippen molar-refractivity contribution in [2.75, 3.05) is 19.7 Å². The third kappa shape index (κ3) is 4.50. The van der Waals surface area contributed by atoms with E-state index in [1.165, 1.54) is 19.3 Å². The Morgan fingerprint density at radius 2 is 1.57 bits per heavy atom. The van der Waals surface area contributed by atoms with Crippen molar-refractivity contribution in [1.29, 1.82) is 0 Å². The number of carbonyl (C=O) groups is 2. The van der Waals surface area contributed by atoms with Crippen molar-refractivity contribution < 1.29 is 14.3 Å². The molecule has 152 valence electrons. The van der Waals surface area contributed by atoms with Crippen LogP contribution in [0.2, 0.25) is 0 Å². The maximum atomic E-state index is 12.9. The zero-order chi connectivity index (χ0) is 19.4. The standard InChI is InChI=1S/C23H32N2O3/c26-21(24-8-4-10-28-20-5-2-1-3-6-20)7-9-25-22(27)23-14-17-11-18(15-23)13-19(12-17)16-23/h1-3,5-6,17-19H,4,7-16H2,(H,24,26)(H,25,27). The van der Waals surface area contributed by atoms with Gasteiger partial charge in [-0.3, -0.25) is 9.59 Å². The second-order valence-electron chi connectivity index (χ2n) is 9.07. The predicted octanol–water partition coefficient (Wildman–Crippen LogP) is 3.29. The van der Waals surface area contributed by atoms with E-state index in [-0.39, 0.29) is 17.2 Å². The van der Waals surface area contributed by atoms with Gasteiger partial charge in [-0.05, 0) is 74.8 Å². The lowest BCUT2D eigenvalue weighted by molar-refractivity contribution is -0.146. The van der Waals surface area contributed by atoms with Crippen LogP contribution in [0.25, 0.3) is 0 Å². The SMILES string of the molecule is O=C(CCNC(=O)C12CC3CC(CC(C3)C1)C2)NCCCOc1ccccc1. The molecule has 4 saturated carbocycles. The lowest BCUT2D eigenvalue weighted by Gasteiger charge is -2.55. The summed E-state index contributed by atoms with van der Waals surface area (Å²) in [5, 5.41) is 5.98. The summed E-state index contributed by atoms with van der Waals surface area (Å²) in [6.07, 6.45) is 8.32. The number of nitrogens with one attached hydrogen (secondary N) is 2. The smallest absolute Gasteiger partial charge is 0.226 e.